The van der Waals surface area contributed by atoms with Crippen LogP contribution in [-0.4, -0.2) is 6.21 Å². The molecular formula is C16H29N. The molecule has 0 rings (SSSR count). The first-order valence-corrected chi connectivity index (χ1v) is 6.88. The number of hydrogen-bond acceptors (Lipinski definition) is 1. The van der Waals surface area contributed by atoms with Crippen LogP contribution in [0, 0.1) is 10.8 Å². The van der Waals surface area contributed by atoms with Crippen LogP contribution >= 0.6 is 0 Å². The lowest BCUT2D eigenvalue weighted by Gasteiger charge is -2.19. The van der Waals surface area contributed by atoms with Gasteiger partial charge in [0.15, 0.2) is 0 Å². The first kappa shape index (κ1) is 16.1. The van der Waals surface area contributed by atoms with Crippen molar-refractivity contribution in [1.82, 2.24) is 0 Å². The Labute approximate surface area is 108 Å². The third-order valence-electron chi connectivity index (χ3n) is 2.85. The van der Waals surface area contributed by atoms with Crippen LogP contribution in [0.1, 0.15) is 66.2 Å². The van der Waals surface area contributed by atoms with Gasteiger partial charge in [0.2, 0.25) is 0 Å². The lowest BCUT2D eigenvalue weighted by Crippen LogP contribution is -2.10. The SMILES string of the molecule is CCCC/C=C/CCC/C=C(\C=N)C(C)(C)C. The molecule has 0 aliphatic carbocycles. The summed E-state index contributed by atoms with van der Waals surface area (Å²) in [5, 5.41) is 7.40. The standard InChI is InChI=1S/C16H29N/c1-5-6-7-8-9-10-11-12-13-15(14-17)16(2,3)4/h8-9,13-14,17H,5-7,10-12H2,1-4H3/b9-8+,15-13+,17-14?. The molecule has 17 heavy (non-hydrogen) atoms. The largest absolute Gasteiger partial charge is 0.308 e. The molecule has 0 aromatic heterocycles. The van der Waals surface area contributed by atoms with Crippen molar-refractivity contribution in [1.29, 1.82) is 5.41 Å². The molecule has 0 atom stereocenters. The molecule has 0 radical (unpaired) electrons. The summed E-state index contributed by atoms with van der Waals surface area (Å²) < 4.78 is 0. The number of nitrogens with one attached hydrogen (secondary N) is 1. The molecule has 0 saturated carbocycles. The molecule has 0 aliphatic heterocycles. The van der Waals surface area contributed by atoms with E-state index >= 15 is 0 Å². The maximum atomic E-state index is 7.40. The van der Waals surface area contributed by atoms with E-state index in [1.54, 1.807) is 0 Å². The Morgan fingerprint density at radius 2 is 1.59 bits per heavy atom. The molecule has 0 bridgehead atoms. The third kappa shape index (κ3) is 8.91. The molecule has 0 aromatic carbocycles. The van der Waals surface area contributed by atoms with Gasteiger partial charge in [-0.05, 0) is 36.7 Å². The topological polar surface area (TPSA) is 23.9 Å². The monoisotopic (exact) mass is 235 g/mol. The highest BCUT2D eigenvalue weighted by molar-refractivity contribution is 5.77. The Balaban J connectivity index is 3.78. The second-order valence-corrected chi connectivity index (χ2v) is 5.60. The maximum Gasteiger partial charge on any atom is 0.0211 e. The summed E-state index contributed by atoms with van der Waals surface area (Å²) in [6, 6.07) is 0. The van der Waals surface area contributed by atoms with E-state index < -0.39 is 0 Å². The minimum Gasteiger partial charge on any atom is -0.308 e. The molecular weight excluding hydrogens is 206 g/mol. The number of hydrogen-bond donors (Lipinski definition) is 1. The Morgan fingerprint density at radius 1 is 1.00 bits per heavy atom. The van der Waals surface area contributed by atoms with E-state index in [1.807, 2.05) is 0 Å². The van der Waals surface area contributed by atoms with Crippen LogP contribution in [-0.2, 0) is 0 Å². The van der Waals surface area contributed by atoms with Crippen molar-refractivity contribution in [3.05, 3.63) is 23.8 Å². The van der Waals surface area contributed by atoms with Crippen molar-refractivity contribution < 1.29 is 0 Å². The summed E-state index contributed by atoms with van der Waals surface area (Å²) in [4.78, 5) is 0. The van der Waals surface area contributed by atoms with Crippen molar-refractivity contribution in [2.24, 2.45) is 5.41 Å². The van der Waals surface area contributed by atoms with Gasteiger partial charge in [-0.15, -0.1) is 0 Å². The highest BCUT2D eigenvalue weighted by Gasteiger charge is 2.13. The quantitative estimate of drug-likeness (QED) is 0.325. The molecule has 0 unspecified atom stereocenters. The fourth-order valence-electron chi connectivity index (χ4n) is 1.63. The van der Waals surface area contributed by atoms with Crippen molar-refractivity contribution in [2.45, 2.75) is 66.2 Å². The van der Waals surface area contributed by atoms with E-state index in [0.717, 1.165) is 18.4 Å². The van der Waals surface area contributed by atoms with E-state index in [1.165, 1.54) is 31.9 Å². The maximum absolute atomic E-state index is 7.40. The number of unbranched alkanes of at least 4 members (excludes halogenated alkanes) is 4. The molecule has 0 aromatic rings. The van der Waals surface area contributed by atoms with Crippen molar-refractivity contribution in [2.75, 3.05) is 0 Å². The van der Waals surface area contributed by atoms with Gasteiger partial charge in [0, 0.05) is 6.21 Å². The average molecular weight is 235 g/mol. The van der Waals surface area contributed by atoms with Crippen molar-refractivity contribution in [3.8, 4) is 0 Å². The van der Waals surface area contributed by atoms with E-state index in [4.69, 9.17) is 5.41 Å². The summed E-state index contributed by atoms with van der Waals surface area (Å²) >= 11 is 0. The Morgan fingerprint density at radius 3 is 2.06 bits per heavy atom. The zero-order valence-corrected chi connectivity index (χ0v) is 12.1. The van der Waals surface area contributed by atoms with Crippen LogP contribution in [0.25, 0.3) is 0 Å². The predicted octanol–water partition coefficient (Wildman–Crippen LogP) is 5.53. The van der Waals surface area contributed by atoms with E-state index in [2.05, 4.69) is 45.9 Å². The van der Waals surface area contributed by atoms with Gasteiger partial charge in [-0.25, -0.2) is 0 Å². The van der Waals surface area contributed by atoms with Gasteiger partial charge in [-0.1, -0.05) is 58.8 Å². The molecule has 0 spiro atoms. The fraction of sp³-hybridized carbons (Fsp3) is 0.688. The minimum absolute atomic E-state index is 0.110. The molecule has 0 heterocycles. The van der Waals surface area contributed by atoms with Gasteiger partial charge in [0.05, 0.1) is 0 Å². The van der Waals surface area contributed by atoms with Crippen LogP contribution in [0.3, 0.4) is 0 Å². The van der Waals surface area contributed by atoms with E-state index in [0.29, 0.717) is 0 Å². The highest BCUT2D eigenvalue weighted by atomic mass is 14.4. The highest BCUT2D eigenvalue weighted by Crippen LogP contribution is 2.24. The van der Waals surface area contributed by atoms with E-state index in [-0.39, 0.29) is 5.41 Å². The minimum atomic E-state index is 0.110. The normalized spacial score (nSPS) is 13.3. The molecule has 0 saturated heterocycles. The Kier molecular flexibility index (Phi) is 8.75. The molecule has 1 heteroatoms. The Hall–Kier alpha value is -0.850. The molecule has 1 nitrogen and oxygen atoms in total. The van der Waals surface area contributed by atoms with Crippen LogP contribution in [0.2, 0.25) is 0 Å². The second kappa shape index (κ2) is 9.21. The van der Waals surface area contributed by atoms with Crippen molar-refractivity contribution >= 4 is 6.21 Å². The van der Waals surface area contributed by atoms with Gasteiger partial charge in [-0.2, -0.15) is 0 Å². The summed E-state index contributed by atoms with van der Waals surface area (Å²) in [5.74, 6) is 0. The zero-order valence-electron chi connectivity index (χ0n) is 12.1. The molecule has 1 N–H and O–H groups in total. The van der Waals surface area contributed by atoms with Gasteiger partial charge in [0.25, 0.3) is 0 Å². The predicted molar refractivity (Wildman–Crippen MR) is 78.8 cm³/mol. The summed E-state index contributed by atoms with van der Waals surface area (Å²) in [5.41, 5.74) is 1.26. The van der Waals surface area contributed by atoms with Gasteiger partial charge >= 0.3 is 0 Å². The smallest absolute Gasteiger partial charge is 0.0211 e. The summed E-state index contributed by atoms with van der Waals surface area (Å²) in [6.07, 6.45) is 15.6. The molecule has 0 amide bonds. The third-order valence-corrected chi connectivity index (χ3v) is 2.85. The number of allylic oxidation sites excluding steroid dienone is 4. The zero-order chi connectivity index (χ0) is 13.1. The lowest BCUT2D eigenvalue weighted by molar-refractivity contribution is 0.523. The molecule has 98 valence electrons. The van der Waals surface area contributed by atoms with Crippen molar-refractivity contribution in [3.63, 3.8) is 0 Å². The van der Waals surface area contributed by atoms with Crippen LogP contribution in [0.15, 0.2) is 23.8 Å². The van der Waals surface area contributed by atoms with Gasteiger partial charge < -0.3 is 5.41 Å². The van der Waals surface area contributed by atoms with Crippen LogP contribution < -0.4 is 0 Å². The van der Waals surface area contributed by atoms with Crippen LogP contribution in [0.4, 0.5) is 0 Å². The van der Waals surface area contributed by atoms with E-state index in [9.17, 15) is 0 Å². The number of rotatable bonds is 8. The first-order valence-electron chi connectivity index (χ1n) is 6.88. The fourth-order valence-corrected chi connectivity index (χ4v) is 1.63. The Bertz CT molecular complexity index is 253. The first-order chi connectivity index (χ1) is 8.02. The summed E-state index contributed by atoms with van der Waals surface area (Å²) in [7, 11) is 0. The van der Waals surface area contributed by atoms with Gasteiger partial charge in [-0.3, -0.25) is 0 Å². The van der Waals surface area contributed by atoms with Crippen LogP contribution in [0.5, 0.6) is 0 Å². The lowest BCUT2D eigenvalue weighted by atomic mass is 9.86. The van der Waals surface area contributed by atoms with Gasteiger partial charge in [0.1, 0.15) is 0 Å². The molecule has 0 fully saturated rings. The summed E-state index contributed by atoms with van der Waals surface area (Å²) in [6.45, 7) is 8.71. The molecule has 0 aliphatic rings. The average Bonchev–Trinajstić information content (AvgIpc) is 2.25. The second-order valence-electron chi connectivity index (χ2n) is 5.60.